The largest absolute Gasteiger partial charge is 0.372 e. The predicted octanol–water partition coefficient (Wildman–Crippen LogP) is 1.30. The van der Waals surface area contributed by atoms with Gasteiger partial charge in [-0.1, -0.05) is 0 Å². The lowest BCUT2D eigenvalue weighted by atomic mass is 10.3. The minimum absolute atomic E-state index is 0.535. The van der Waals surface area contributed by atoms with Crippen molar-refractivity contribution in [3.8, 4) is 0 Å². The number of rotatable bonds is 5. The van der Waals surface area contributed by atoms with E-state index in [1.807, 2.05) is 11.8 Å². The van der Waals surface area contributed by atoms with E-state index in [0.717, 1.165) is 6.61 Å². The van der Waals surface area contributed by atoms with Gasteiger partial charge in [0.05, 0.1) is 24.9 Å². The Bertz CT molecular complexity index is 136. The lowest BCUT2D eigenvalue weighted by Gasteiger charge is -1.94. The van der Waals surface area contributed by atoms with Gasteiger partial charge in [0.2, 0.25) is 0 Å². The molecule has 0 aromatic rings. The summed E-state index contributed by atoms with van der Waals surface area (Å²) in [7, 11) is 0. The second kappa shape index (κ2) is 3.33. The Labute approximate surface area is 71.6 Å². The molecular formula is C8H14O2S. The molecule has 3 atom stereocenters. The van der Waals surface area contributed by atoms with E-state index < -0.39 is 0 Å². The van der Waals surface area contributed by atoms with E-state index >= 15 is 0 Å². The third-order valence-corrected chi connectivity index (χ3v) is 3.22. The molecule has 2 saturated heterocycles. The third kappa shape index (κ3) is 2.65. The molecule has 0 aromatic heterocycles. The van der Waals surface area contributed by atoms with Crippen LogP contribution in [0.3, 0.4) is 0 Å². The van der Waals surface area contributed by atoms with E-state index in [-0.39, 0.29) is 0 Å². The van der Waals surface area contributed by atoms with Crippen molar-refractivity contribution in [2.24, 2.45) is 0 Å². The van der Waals surface area contributed by atoms with Gasteiger partial charge in [0, 0.05) is 5.75 Å². The van der Waals surface area contributed by atoms with E-state index in [4.69, 9.17) is 9.47 Å². The molecular weight excluding hydrogens is 160 g/mol. The summed E-state index contributed by atoms with van der Waals surface area (Å²) in [6.07, 6.45) is 2.91. The van der Waals surface area contributed by atoms with Crippen LogP contribution in [-0.2, 0) is 9.47 Å². The zero-order valence-corrected chi connectivity index (χ0v) is 7.60. The maximum atomic E-state index is 5.29. The first-order chi connectivity index (χ1) is 5.36. The van der Waals surface area contributed by atoms with Crippen molar-refractivity contribution in [1.82, 2.24) is 0 Å². The van der Waals surface area contributed by atoms with Crippen LogP contribution in [0.25, 0.3) is 0 Å². The van der Waals surface area contributed by atoms with Gasteiger partial charge < -0.3 is 9.47 Å². The molecule has 0 aliphatic carbocycles. The van der Waals surface area contributed by atoms with Gasteiger partial charge in [-0.05, 0) is 19.1 Å². The Morgan fingerprint density at radius 1 is 1.55 bits per heavy atom. The van der Waals surface area contributed by atoms with Crippen LogP contribution in [-0.4, -0.2) is 36.4 Å². The van der Waals surface area contributed by atoms with E-state index in [2.05, 4.69) is 6.92 Å². The van der Waals surface area contributed by atoms with Gasteiger partial charge in [-0.25, -0.2) is 0 Å². The smallest absolute Gasteiger partial charge is 0.0900 e. The zero-order valence-electron chi connectivity index (χ0n) is 6.79. The molecule has 0 saturated carbocycles. The van der Waals surface area contributed by atoms with Crippen molar-refractivity contribution in [1.29, 1.82) is 0 Å². The summed E-state index contributed by atoms with van der Waals surface area (Å²) in [5, 5.41) is 0. The summed E-state index contributed by atoms with van der Waals surface area (Å²) in [5.41, 5.74) is 0. The fraction of sp³-hybridized carbons (Fsp3) is 1.00. The molecule has 2 nitrogen and oxygen atoms in total. The fourth-order valence-electron chi connectivity index (χ4n) is 1.11. The molecule has 2 aliphatic rings. The third-order valence-electron chi connectivity index (χ3n) is 2.09. The highest BCUT2D eigenvalue weighted by molar-refractivity contribution is 7.99. The highest BCUT2D eigenvalue weighted by Crippen LogP contribution is 2.26. The first-order valence-electron chi connectivity index (χ1n) is 4.21. The molecule has 3 heteroatoms. The number of hydrogen-bond acceptors (Lipinski definition) is 3. The van der Waals surface area contributed by atoms with Gasteiger partial charge in [-0.3, -0.25) is 0 Å². The van der Waals surface area contributed by atoms with Crippen LogP contribution in [0.2, 0.25) is 0 Å². The van der Waals surface area contributed by atoms with Crippen LogP contribution in [0.15, 0.2) is 0 Å². The van der Waals surface area contributed by atoms with Crippen LogP contribution in [0, 0.1) is 0 Å². The number of hydrogen-bond donors (Lipinski definition) is 0. The highest BCUT2D eigenvalue weighted by atomic mass is 32.2. The average molecular weight is 174 g/mol. The summed E-state index contributed by atoms with van der Waals surface area (Å²) >= 11 is 1.99. The van der Waals surface area contributed by atoms with E-state index in [1.54, 1.807) is 0 Å². The topological polar surface area (TPSA) is 25.1 Å². The van der Waals surface area contributed by atoms with Crippen molar-refractivity contribution < 1.29 is 9.47 Å². The SMILES string of the molecule is CC1OC1CCSCC1CO1. The molecule has 0 N–H and O–H groups in total. The molecule has 0 bridgehead atoms. The number of ether oxygens (including phenoxy) is 2. The van der Waals surface area contributed by atoms with Crippen molar-refractivity contribution in [2.75, 3.05) is 18.1 Å². The quantitative estimate of drug-likeness (QED) is 0.464. The Morgan fingerprint density at radius 3 is 2.82 bits per heavy atom. The van der Waals surface area contributed by atoms with Crippen LogP contribution in [0.4, 0.5) is 0 Å². The number of thioether (sulfide) groups is 1. The fourth-order valence-corrected chi connectivity index (χ4v) is 2.13. The van der Waals surface area contributed by atoms with Gasteiger partial charge in [-0.15, -0.1) is 0 Å². The summed E-state index contributed by atoms with van der Waals surface area (Å²) in [4.78, 5) is 0. The summed E-state index contributed by atoms with van der Waals surface area (Å²) in [6.45, 7) is 3.13. The van der Waals surface area contributed by atoms with Gasteiger partial charge >= 0.3 is 0 Å². The maximum absolute atomic E-state index is 5.29. The molecule has 0 radical (unpaired) electrons. The first kappa shape index (κ1) is 7.90. The highest BCUT2D eigenvalue weighted by Gasteiger charge is 2.33. The predicted molar refractivity (Wildman–Crippen MR) is 46.0 cm³/mol. The monoisotopic (exact) mass is 174 g/mol. The van der Waals surface area contributed by atoms with Crippen molar-refractivity contribution in [3.63, 3.8) is 0 Å². The molecule has 2 aliphatic heterocycles. The molecule has 3 unspecified atom stereocenters. The molecule has 2 heterocycles. The molecule has 11 heavy (non-hydrogen) atoms. The van der Waals surface area contributed by atoms with Crippen LogP contribution >= 0.6 is 11.8 Å². The van der Waals surface area contributed by atoms with Crippen molar-refractivity contribution >= 4 is 11.8 Å². The minimum atomic E-state index is 0.535. The van der Waals surface area contributed by atoms with E-state index in [9.17, 15) is 0 Å². The molecule has 2 rings (SSSR count). The molecule has 0 amide bonds. The molecule has 2 fully saturated rings. The summed E-state index contributed by atoms with van der Waals surface area (Å²) < 4.78 is 10.4. The van der Waals surface area contributed by atoms with Gasteiger partial charge in [-0.2, -0.15) is 11.8 Å². The first-order valence-corrected chi connectivity index (χ1v) is 5.36. The maximum Gasteiger partial charge on any atom is 0.0900 e. The molecule has 0 spiro atoms. The average Bonchev–Trinajstić information content (AvgIpc) is 2.81. The second-order valence-corrected chi connectivity index (χ2v) is 4.35. The molecule has 0 aromatic carbocycles. The standard InChI is InChI=1S/C8H14O2S/c1-6-8(10-6)2-3-11-5-7-4-9-7/h6-8H,2-5H2,1H3. The van der Waals surface area contributed by atoms with Crippen LogP contribution in [0.1, 0.15) is 13.3 Å². The van der Waals surface area contributed by atoms with Crippen LogP contribution < -0.4 is 0 Å². The van der Waals surface area contributed by atoms with Crippen molar-refractivity contribution in [2.45, 2.75) is 31.7 Å². The second-order valence-electron chi connectivity index (χ2n) is 3.20. The number of epoxide rings is 2. The normalized spacial score (nSPS) is 40.6. The lowest BCUT2D eigenvalue weighted by molar-refractivity contribution is 0.376. The van der Waals surface area contributed by atoms with Gasteiger partial charge in [0.25, 0.3) is 0 Å². The summed E-state index contributed by atoms with van der Waals surface area (Å²) in [5.74, 6) is 2.41. The van der Waals surface area contributed by atoms with Gasteiger partial charge in [0.1, 0.15) is 0 Å². The van der Waals surface area contributed by atoms with E-state index in [0.29, 0.717) is 18.3 Å². The molecule has 64 valence electrons. The Kier molecular flexibility index (Phi) is 2.39. The lowest BCUT2D eigenvalue weighted by Crippen LogP contribution is -1.95. The Hall–Kier alpha value is 0.270. The Balaban J connectivity index is 1.41. The summed E-state index contributed by atoms with van der Waals surface area (Å²) in [6, 6.07) is 0. The zero-order chi connectivity index (χ0) is 7.68. The van der Waals surface area contributed by atoms with Crippen molar-refractivity contribution in [3.05, 3.63) is 0 Å². The van der Waals surface area contributed by atoms with Gasteiger partial charge in [0.15, 0.2) is 0 Å². The van der Waals surface area contributed by atoms with Crippen LogP contribution in [0.5, 0.6) is 0 Å². The van der Waals surface area contributed by atoms with E-state index in [1.165, 1.54) is 17.9 Å². The Morgan fingerprint density at radius 2 is 2.27 bits per heavy atom. The minimum Gasteiger partial charge on any atom is -0.372 e.